The van der Waals surface area contributed by atoms with Gasteiger partial charge in [0, 0.05) is 25.7 Å². The molecule has 1 aliphatic heterocycles. The number of hydrogen-bond acceptors (Lipinski definition) is 9. The fourth-order valence-corrected chi connectivity index (χ4v) is 3.99. The minimum Gasteiger partial charge on any atom is -0.382 e. The average Bonchev–Trinajstić information content (AvgIpc) is 2.82. The Bertz CT molecular complexity index is 1100. The summed E-state index contributed by atoms with van der Waals surface area (Å²) in [6, 6.07) is 9.86. The van der Waals surface area contributed by atoms with Gasteiger partial charge in [-0.05, 0) is 44.4 Å². The summed E-state index contributed by atoms with van der Waals surface area (Å²) < 4.78 is 0. The average molecular weight is 449 g/mol. The van der Waals surface area contributed by atoms with Crippen molar-refractivity contribution in [1.29, 1.82) is 0 Å². The van der Waals surface area contributed by atoms with Crippen molar-refractivity contribution in [2.24, 2.45) is 0 Å². The number of aliphatic hydroxyl groups excluding tert-OH is 1. The van der Waals surface area contributed by atoms with Crippen LogP contribution in [0.5, 0.6) is 0 Å². The molecule has 1 fully saturated rings. The third-order valence-corrected chi connectivity index (χ3v) is 5.90. The third-order valence-electron chi connectivity index (χ3n) is 5.90. The van der Waals surface area contributed by atoms with Crippen molar-refractivity contribution in [2.75, 3.05) is 29.4 Å². The lowest BCUT2D eigenvalue weighted by Crippen LogP contribution is -2.53. The summed E-state index contributed by atoms with van der Waals surface area (Å²) in [7, 11) is 0. The Kier molecular flexibility index (Phi) is 7.82. The molecule has 1 unspecified atom stereocenters. The first-order chi connectivity index (χ1) is 15.9. The van der Waals surface area contributed by atoms with Crippen LogP contribution in [-0.2, 0) is 9.59 Å². The minimum atomic E-state index is -0.776. The number of aryl methyl sites for hydroxylation is 1. The molecule has 0 amide bonds. The van der Waals surface area contributed by atoms with Crippen LogP contribution in [0.4, 0.5) is 11.6 Å². The van der Waals surface area contributed by atoms with E-state index in [0.29, 0.717) is 5.69 Å². The molecule has 0 spiro atoms. The molecule has 1 saturated heterocycles. The highest BCUT2D eigenvalue weighted by atomic mass is 16.3. The van der Waals surface area contributed by atoms with Crippen LogP contribution in [0, 0.1) is 20.8 Å². The number of aromatic nitrogens is 4. The van der Waals surface area contributed by atoms with Crippen molar-refractivity contribution in [2.45, 2.75) is 39.8 Å². The Morgan fingerprint density at radius 1 is 1.00 bits per heavy atom. The summed E-state index contributed by atoms with van der Waals surface area (Å²) in [5, 5.41) is 19.7. The fraction of sp³-hybridized carbons (Fsp3) is 0.375. The SMILES string of the molecule is Cc1cnc(N2CCN(c3nnc(C(O)c4ccccc4)c(C)c3C)C[C@H]2C)cn1.O=C=O. The quantitative estimate of drug-likeness (QED) is 0.643. The molecule has 9 nitrogen and oxygen atoms in total. The predicted molar refractivity (Wildman–Crippen MR) is 123 cm³/mol. The van der Waals surface area contributed by atoms with Crippen LogP contribution in [0.25, 0.3) is 0 Å². The van der Waals surface area contributed by atoms with E-state index in [-0.39, 0.29) is 12.2 Å². The summed E-state index contributed by atoms with van der Waals surface area (Å²) in [5.41, 5.74) is 4.40. The standard InChI is InChI=1S/C23H28N6O.CO2/c1-15-12-25-20(13-24-15)29-11-10-28(14-16(29)2)23-18(4)17(3)21(26-27-23)22(30)19-8-6-5-7-9-19;2-1-3/h5-9,12-13,16,22,30H,10-11,14H2,1-4H3;/t16-,22?;/m1./s1. The largest absolute Gasteiger partial charge is 0.382 e. The van der Waals surface area contributed by atoms with Crippen LogP contribution in [0.3, 0.4) is 0 Å². The maximum Gasteiger partial charge on any atom is 0.373 e. The second-order valence-electron chi connectivity index (χ2n) is 8.06. The lowest BCUT2D eigenvalue weighted by Gasteiger charge is -2.41. The highest BCUT2D eigenvalue weighted by Crippen LogP contribution is 2.29. The first kappa shape index (κ1) is 24.0. The van der Waals surface area contributed by atoms with Crippen LogP contribution in [-0.4, -0.2) is 57.1 Å². The van der Waals surface area contributed by atoms with E-state index >= 15 is 0 Å². The van der Waals surface area contributed by atoms with Gasteiger partial charge in [0.25, 0.3) is 0 Å². The zero-order chi connectivity index (χ0) is 24.0. The van der Waals surface area contributed by atoms with E-state index in [9.17, 15) is 5.11 Å². The van der Waals surface area contributed by atoms with E-state index in [0.717, 1.165) is 53.7 Å². The maximum atomic E-state index is 10.8. The van der Waals surface area contributed by atoms with Crippen LogP contribution >= 0.6 is 0 Å². The minimum absolute atomic E-state index is 0.250. The second kappa shape index (κ2) is 10.8. The molecule has 3 heterocycles. The van der Waals surface area contributed by atoms with Gasteiger partial charge in [0.15, 0.2) is 5.82 Å². The van der Waals surface area contributed by atoms with E-state index < -0.39 is 6.10 Å². The number of piperazine rings is 1. The van der Waals surface area contributed by atoms with Gasteiger partial charge < -0.3 is 14.9 Å². The molecule has 1 aliphatic rings. The summed E-state index contributed by atoms with van der Waals surface area (Å²) >= 11 is 0. The fourth-order valence-electron chi connectivity index (χ4n) is 3.99. The van der Waals surface area contributed by atoms with Gasteiger partial charge in [-0.15, -0.1) is 5.10 Å². The molecule has 9 heteroatoms. The molecule has 2 aromatic heterocycles. The van der Waals surface area contributed by atoms with Crippen molar-refractivity contribution in [3.8, 4) is 0 Å². The summed E-state index contributed by atoms with van der Waals surface area (Å²) in [4.78, 5) is 29.7. The smallest absolute Gasteiger partial charge is 0.373 e. The Labute approximate surface area is 193 Å². The molecule has 4 rings (SSSR count). The van der Waals surface area contributed by atoms with Crippen molar-refractivity contribution in [3.05, 3.63) is 70.8 Å². The zero-order valence-electron chi connectivity index (χ0n) is 19.3. The number of rotatable bonds is 4. The third kappa shape index (κ3) is 5.39. The van der Waals surface area contributed by atoms with Gasteiger partial charge in [-0.2, -0.15) is 14.7 Å². The van der Waals surface area contributed by atoms with E-state index in [4.69, 9.17) is 9.59 Å². The Morgan fingerprint density at radius 2 is 1.70 bits per heavy atom. The maximum absolute atomic E-state index is 10.8. The molecule has 172 valence electrons. The normalized spacial score (nSPS) is 16.5. The lowest BCUT2D eigenvalue weighted by molar-refractivity contribution is -0.191. The van der Waals surface area contributed by atoms with Crippen molar-refractivity contribution >= 4 is 17.8 Å². The Morgan fingerprint density at radius 3 is 2.30 bits per heavy atom. The molecule has 2 atom stereocenters. The molecule has 0 bridgehead atoms. The van der Waals surface area contributed by atoms with Crippen LogP contribution in [0.1, 0.15) is 41.1 Å². The molecule has 3 aromatic rings. The monoisotopic (exact) mass is 448 g/mol. The number of anilines is 2. The molecular formula is C24H28N6O3. The molecule has 33 heavy (non-hydrogen) atoms. The highest BCUT2D eigenvalue weighted by molar-refractivity contribution is 5.53. The molecule has 1 aromatic carbocycles. The van der Waals surface area contributed by atoms with Crippen LogP contribution in [0.2, 0.25) is 0 Å². The van der Waals surface area contributed by atoms with Crippen molar-refractivity contribution < 1.29 is 14.7 Å². The molecule has 0 radical (unpaired) electrons. The van der Waals surface area contributed by atoms with Gasteiger partial charge in [0.05, 0.1) is 23.8 Å². The van der Waals surface area contributed by atoms with E-state index in [2.05, 4.69) is 43.8 Å². The Hall–Kier alpha value is -3.68. The van der Waals surface area contributed by atoms with Gasteiger partial charge in [-0.25, -0.2) is 4.98 Å². The summed E-state index contributed by atoms with van der Waals surface area (Å²) in [6.45, 7) is 10.7. The number of aliphatic hydroxyl groups is 1. The van der Waals surface area contributed by atoms with Gasteiger partial charge >= 0.3 is 6.15 Å². The summed E-state index contributed by atoms with van der Waals surface area (Å²) in [5.74, 6) is 1.80. The zero-order valence-corrected chi connectivity index (χ0v) is 19.3. The molecule has 1 N–H and O–H groups in total. The number of hydrogen-bond donors (Lipinski definition) is 1. The van der Waals surface area contributed by atoms with E-state index in [1.54, 1.807) is 0 Å². The van der Waals surface area contributed by atoms with Crippen molar-refractivity contribution in [3.63, 3.8) is 0 Å². The van der Waals surface area contributed by atoms with E-state index in [1.165, 1.54) is 0 Å². The Balaban J connectivity index is 0.000000968. The van der Waals surface area contributed by atoms with Gasteiger partial charge in [0.1, 0.15) is 11.9 Å². The second-order valence-corrected chi connectivity index (χ2v) is 8.06. The number of nitrogens with zero attached hydrogens (tertiary/aromatic N) is 6. The first-order valence-electron chi connectivity index (χ1n) is 10.7. The molecular weight excluding hydrogens is 420 g/mol. The number of carbonyl (C=O) groups excluding carboxylic acids is 2. The van der Waals surface area contributed by atoms with Crippen molar-refractivity contribution in [1.82, 2.24) is 20.2 Å². The molecule has 0 aliphatic carbocycles. The van der Waals surface area contributed by atoms with Crippen LogP contribution in [0.15, 0.2) is 42.7 Å². The van der Waals surface area contributed by atoms with E-state index in [1.807, 2.05) is 56.6 Å². The predicted octanol–water partition coefficient (Wildman–Crippen LogP) is 2.41. The molecule has 0 saturated carbocycles. The van der Waals surface area contributed by atoms with Gasteiger partial charge in [-0.3, -0.25) is 4.98 Å². The first-order valence-corrected chi connectivity index (χ1v) is 10.7. The summed E-state index contributed by atoms with van der Waals surface area (Å²) in [6.07, 6.45) is 3.13. The number of benzene rings is 1. The van der Waals surface area contributed by atoms with Gasteiger partial charge in [0.2, 0.25) is 0 Å². The van der Waals surface area contributed by atoms with Crippen LogP contribution < -0.4 is 9.80 Å². The lowest BCUT2D eigenvalue weighted by atomic mass is 10.0. The highest BCUT2D eigenvalue weighted by Gasteiger charge is 2.28. The topological polar surface area (TPSA) is 112 Å². The van der Waals surface area contributed by atoms with Gasteiger partial charge in [-0.1, -0.05) is 30.3 Å².